The summed E-state index contributed by atoms with van der Waals surface area (Å²) in [5, 5.41) is 0. The smallest absolute Gasteiger partial charge is 0.222 e. The molecule has 0 atom stereocenters. The maximum absolute atomic E-state index is 12.1. The summed E-state index contributed by atoms with van der Waals surface area (Å²) in [7, 11) is 0. The van der Waals surface area contributed by atoms with Crippen LogP contribution < -0.4 is 4.90 Å². The van der Waals surface area contributed by atoms with E-state index in [2.05, 4.69) is 14.9 Å². The van der Waals surface area contributed by atoms with E-state index in [0.717, 1.165) is 62.6 Å². The normalized spacial score (nSPS) is 15.7. The predicted octanol–water partition coefficient (Wildman–Crippen LogP) is 2.96. The number of aryl methyl sites for hydroxylation is 2. The quantitative estimate of drug-likeness (QED) is 0.809. The molecule has 2 heterocycles. The van der Waals surface area contributed by atoms with Gasteiger partial charge in [0.2, 0.25) is 5.91 Å². The highest BCUT2D eigenvalue weighted by atomic mass is 16.2. The number of hydrogen-bond donors (Lipinski definition) is 0. The summed E-state index contributed by atoms with van der Waals surface area (Å²) in [5.41, 5.74) is 1.98. The van der Waals surface area contributed by atoms with Gasteiger partial charge in [-0.1, -0.05) is 0 Å². The number of piperidine rings is 1. The molecule has 0 aliphatic carbocycles. The van der Waals surface area contributed by atoms with E-state index in [1.165, 1.54) is 0 Å². The van der Waals surface area contributed by atoms with E-state index in [9.17, 15) is 4.79 Å². The summed E-state index contributed by atoms with van der Waals surface area (Å²) < 4.78 is 0. The Balaban J connectivity index is 1.82. The first kappa shape index (κ1) is 17.7. The van der Waals surface area contributed by atoms with Crippen LogP contribution in [0.5, 0.6) is 0 Å². The van der Waals surface area contributed by atoms with Crippen molar-refractivity contribution < 1.29 is 4.79 Å². The molecule has 0 N–H and O–H groups in total. The first-order chi connectivity index (χ1) is 11.0. The lowest BCUT2D eigenvalue weighted by Gasteiger charge is -2.33. The van der Waals surface area contributed by atoms with Crippen molar-refractivity contribution in [2.24, 2.45) is 5.92 Å². The van der Waals surface area contributed by atoms with Gasteiger partial charge in [0.1, 0.15) is 5.82 Å². The van der Waals surface area contributed by atoms with Crippen LogP contribution in [0.4, 0.5) is 5.82 Å². The minimum atomic E-state index is 0.304. The molecule has 0 unspecified atom stereocenters. The van der Waals surface area contributed by atoms with E-state index in [0.29, 0.717) is 18.2 Å². The van der Waals surface area contributed by atoms with Crippen molar-refractivity contribution in [3.8, 4) is 0 Å². The highest BCUT2D eigenvalue weighted by Crippen LogP contribution is 2.26. The van der Waals surface area contributed by atoms with Crippen molar-refractivity contribution >= 4 is 11.7 Å². The fraction of sp³-hybridized carbons (Fsp3) is 0.722. The van der Waals surface area contributed by atoms with E-state index in [1.807, 2.05) is 38.8 Å². The molecule has 1 aromatic rings. The molecule has 1 amide bonds. The third-order valence-corrected chi connectivity index (χ3v) is 4.85. The standard InChI is InChI=1S/C18H30N4O/c1-5-21(6-2)17(23)8-7-16-9-11-22(12-10-16)18-15(4)19-13-14(3)20-18/h13,16H,5-12H2,1-4H3. The van der Waals surface area contributed by atoms with Crippen molar-refractivity contribution in [2.45, 2.75) is 53.4 Å². The summed E-state index contributed by atoms with van der Waals surface area (Å²) in [6, 6.07) is 0. The Morgan fingerprint density at radius 2 is 1.91 bits per heavy atom. The lowest BCUT2D eigenvalue weighted by molar-refractivity contribution is -0.131. The average Bonchev–Trinajstić information content (AvgIpc) is 2.57. The second-order valence-corrected chi connectivity index (χ2v) is 6.46. The van der Waals surface area contributed by atoms with Gasteiger partial charge in [-0.05, 0) is 52.9 Å². The SMILES string of the molecule is CCN(CC)C(=O)CCC1CCN(c2nc(C)cnc2C)CC1. The molecule has 0 radical (unpaired) electrons. The number of rotatable bonds is 6. The molecule has 128 valence electrons. The van der Waals surface area contributed by atoms with Gasteiger partial charge in [0, 0.05) is 38.8 Å². The Kier molecular flexibility index (Phi) is 6.37. The molecule has 0 saturated carbocycles. The zero-order valence-electron chi connectivity index (χ0n) is 15.0. The van der Waals surface area contributed by atoms with Gasteiger partial charge in [-0.3, -0.25) is 9.78 Å². The Morgan fingerprint density at radius 3 is 2.52 bits per heavy atom. The van der Waals surface area contributed by atoms with Crippen LogP contribution in [0.25, 0.3) is 0 Å². The van der Waals surface area contributed by atoms with Gasteiger partial charge in [-0.15, -0.1) is 0 Å². The van der Waals surface area contributed by atoms with Gasteiger partial charge in [-0.25, -0.2) is 4.98 Å². The number of nitrogens with zero attached hydrogens (tertiary/aromatic N) is 4. The van der Waals surface area contributed by atoms with E-state index in [-0.39, 0.29) is 0 Å². The lowest BCUT2D eigenvalue weighted by Crippen LogP contribution is -2.36. The molecule has 1 aromatic heterocycles. The third-order valence-electron chi connectivity index (χ3n) is 4.85. The van der Waals surface area contributed by atoms with Crippen molar-refractivity contribution in [2.75, 3.05) is 31.1 Å². The summed E-state index contributed by atoms with van der Waals surface area (Å²) >= 11 is 0. The molecule has 1 saturated heterocycles. The number of carbonyl (C=O) groups excluding carboxylic acids is 1. The maximum atomic E-state index is 12.1. The summed E-state index contributed by atoms with van der Waals surface area (Å²) in [5.74, 6) is 1.99. The molecule has 2 rings (SSSR count). The summed E-state index contributed by atoms with van der Waals surface area (Å²) in [6.07, 6.45) is 5.81. The molecular formula is C18H30N4O. The van der Waals surface area contributed by atoms with Gasteiger partial charge in [0.25, 0.3) is 0 Å². The zero-order chi connectivity index (χ0) is 16.8. The van der Waals surface area contributed by atoms with Crippen molar-refractivity contribution in [3.05, 3.63) is 17.6 Å². The molecule has 0 bridgehead atoms. The Bertz CT molecular complexity index is 520. The summed E-state index contributed by atoms with van der Waals surface area (Å²) in [4.78, 5) is 25.4. The Hall–Kier alpha value is -1.65. The van der Waals surface area contributed by atoms with Crippen LogP contribution in [-0.2, 0) is 4.79 Å². The van der Waals surface area contributed by atoms with Crippen LogP contribution in [0, 0.1) is 19.8 Å². The third kappa shape index (κ3) is 4.66. The number of amides is 1. The van der Waals surface area contributed by atoms with Crippen LogP contribution in [0.1, 0.15) is 50.9 Å². The first-order valence-electron chi connectivity index (χ1n) is 8.88. The van der Waals surface area contributed by atoms with E-state index >= 15 is 0 Å². The summed E-state index contributed by atoms with van der Waals surface area (Å²) in [6.45, 7) is 11.8. The molecular weight excluding hydrogens is 288 g/mol. The molecule has 5 nitrogen and oxygen atoms in total. The lowest BCUT2D eigenvalue weighted by atomic mass is 9.92. The number of carbonyl (C=O) groups is 1. The molecule has 1 aliphatic heterocycles. The largest absolute Gasteiger partial charge is 0.355 e. The van der Waals surface area contributed by atoms with Crippen molar-refractivity contribution in [1.29, 1.82) is 0 Å². The average molecular weight is 318 g/mol. The van der Waals surface area contributed by atoms with Gasteiger partial charge in [0.15, 0.2) is 0 Å². The predicted molar refractivity (Wildman–Crippen MR) is 93.6 cm³/mol. The highest BCUT2D eigenvalue weighted by molar-refractivity contribution is 5.76. The second kappa shape index (κ2) is 8.27. The molecule has 1 fully saturated rings. The Labute approximate surface area is 140 Å². The van der Waals surface area contributed by atoms with Crippen LogP contribution >= 0.6 is 0 Å². The van der Waals surface area contributed by atoms with Gasteiger partial charge >= 0.3 is 0 Å². The van der Waals surface area contributed by atoms with Crippen LogP contribution in [0.3, 0.4) is 0 Å². The second-order valence-electron chi connectivity index (χ2n) is 6.46. The van der Waals surface area contributed by atoms with Crippen LogP contribution in [0.2, 0.25) is 0 Å². The van der Waals surface area contributed by atoms with E-state index < -0.39 is 0 Å². The fourth-order valence-corrected chi connectivity index (χ4v) is 3.32. The minimum Gasteiger partial charge on any atom is -0.355 e. The molecule has 1 aliphatic rings. The Morgan fingerprint density at radius 1 is 1.26 bits per heavy atom. The topological polar surface area (TPSA) is 49.3 Å². The minimum absolute atomic E-state index is 0.304. The first-order valence-corrected chi connectivity index (χ1v) is 8.88. The zero-order valence-corrected chi connectivity index (χ0v) is 15.0. The maximum Gasteiger partial charge on any atom is 0.222 e. The van der Waals surface area contributed by atoms with Gasteiger partial charge in [0.05, 0.1) is 11.4 Å². The van der Waals surface area contributed by atoms with Crippen molar-refractivity contribution in [1.82, 2.24) is 14.9 Å². The highest BCUT2D eigenvalue weighted by Gasteiger charge is 2.22. The fourth-order valence-electron chi connectivity index (χ4n) is 3.32. The molecule has 5 heteroatoms. The molecule has 23 heavy (non-hydrogen) atoms. The van der Waals surface area contributed by atoms with Gasteiger partial charge in [-0.2, -0.15) is 0 Å². The van der Waals surface area contributed by atoms with E-state index in [1.54, 1.807) is 0 Å². The van der Waals surface area contributed by atoms with Crippen molar-refractivity contribution in [3.63, 3.8) is 0 Å². The number of aromatic nitrogens is 2. The van der Waals surface area contributed by atoms with Gasteiger partial charge < -0.3 is 9.80 Å². The monoisotopic (exact) mass is 318 g/mol. The number of hydrogen-bond acceptors (Lipinski definition) is 4. The van der Waals surface area contributed by atoms with E-state index in [4.69, 9.17) is 0 Å². The van der Waals surface area contributed by atoms with Crippen LogP contribution in [-0.4, -0.2) is 47.0 Å². The van der Waals surface area contributed by atoms with Crippen LogP contribution in [0.15, 0.2) is 6.20 Å². The molecule has 0 aromatic carbocycles. The molecule has 0 spiro atoms. The number of anilines is 1.